The number of ketones is 1. The molecule has 0 unspecified atom stereocenters. The van der Waals surface area contributed by atoms with Crippen LogP contribution in [0.4, 0.5) is 5.82 Å². The number of Topliss-reactive ketones (excluding diaryl/α,β-unsaturated/α-hetero) is 1. The third kappa shape index (κ3) is 3.71. The standard InChI is InChI=1S/C14H21N3O7S/c1-5(19)7-11(16-14(25-3)17(2)13(7)23)15-12-10(22)9(21)8(20)6(4-18)24-12/h6,8-10,12,15,18,20-22H,4H2,1-3H3/t6-,8+,9+,10-,12+/m0/s1. The van der Waals surface area contributed by atoms with E-state index in [2.05, 4.69) is 10.3 Å². The Morgan fingerprint density at radius 2 is 1.96 bits per heavy atom. The maximum absolute atomic E-state index is 12.4. The number of thioether (sulfide) groups is 1. The summed E-state index contributed by atoms with van der Waals surface area (Å²) in [6.45, 7) is 0.610. The van der Waals surface area contributed by atoms with E-state index in [4.69, 9.17) is 4.74 Å². The number of nitrogens with zero attached hydrogens (tertiary/aromatic N) is 2. The van der Waals surface area contributed by atoms with Crippen molar-refractivity contribution in [2.75, 3.05) is 18.2 Å². The SMILES string of the molecule is CSc1nc(N[C@@H]2O[C@@H](CO)[C@@H](O)[C@@H](O)[C@@H]2O)c(C(C)=O)c(=O)n1C. The molecule has 0 aromatic carbocycles. The first-order valence-electron chi connectivity index (χ1n) is 7.45. The summed E-state index contributed by atoms with van der Waals surface area (Å²) in [5.74, 6) is -0.642. The van der Waals surface area contributed by atoms with Gasteiger partial charge in [-0.2, -0.15) is 0 Å². The van der Waals surface area contributed by atoms with Crippen LogP contribution in [-0.2, 0) is 11.8 Å². The summed E-state index contributed by atoms with van der Waals surface area (Å²) in [5, 5.41) is 41.9. The van der Waals surface area contributed by atoms with Crippen LogP contribution >= 0.6 is 11.8 Å². The molecule has 2 rings (SSSR count). The molecule has 0 bridgehead atoms. The molecule has 5 atom stereocenters. The number of aromatic nitrogens is 2. The van der Waals surface area contributed by atoms with Crippen molar-refractivity contribution in [3.8, 4) is 0 Å². The summed E-state index contributed by atoms with van der Waals surface area (Å²) in [4.78, 5) is 28.4. The van der Waals surface area contributed by atoms with Gasteiger partial charge in [0.25, 0.3) is 5.56 Å². The Hall–Kier alpha value is -1.50. The summed E-state index contributed by atoms with van der Waals surface area (Å²) in [5.41, 5.74) is -0.795. The van der Waals surface area contributed by atoms with Crippen LogP contribution in [0.2, 0.25) is 0 Å². The molecule has 2 heterocycles. The normalized spacial score (nSPS) is 29.5. The lowest BCUT2D eigenvalue weighted by Gasteiger charge is -2.40. The molecule has 1 saturated heterocycles. The first-order valence-corrected chi connectivity index (χ1v) is 8.68. The van der Waals surface area contributed by atoms with Gasteiger partial charge in [0, 0.05) is 7.05 Å². The van der Waals surface area contributed by atoms with Gasteiger partial charge >= 0.3 is 0 Å². The molecular weight excluding hydrogens is 354 g/mol. The Morgan fingerprint density at radius 3 is 2.48 bits per heavy atom. The highest BCUT2D eigenvalue weighted by atomic mass is 32.2. The van der Waals surface area contributed by atoms with E-state index in [0.717, 1.165) is 0 Å². The second-order valence-electron chi connectivity index (χ2n) is 5.64. The van der Waals surface area contributed by atoms with Crippen molar-refractivity contribution in [1.29, 1.82) is 0 Å². The zero-order chi connectivity index (χ0) is 18.9. The fourth-order valence-electron chi connectivity index (χ4n) is 2.54. The summed E-state index contributed by atoms with van der Waals surface area (Å²) < 4.78 is 6.55. The van der Waals surface area contributed by atoms with Crippen molar-refractivity contribution in [3.63, 3.8) is 0 Å². The molecular formula is C14H21N3O7S. The third-order valence-corrected chi connectivity index (χ3v) is 4.69. The molecule has 25 heavy (non-hydrogen) atoms. The fourth-order valence-corrected chi connectivity index (χ4v) is 3.08. The van der Waals surface area contributed by atoms with Crippen LogP contribution in [0.15, 0.2) is 9.95 Å². The number of hydrogen-bond donors (Lipinski definition) is 5. The fraction of sp³-hybridized carbons (Fsp3) is 0.643. The number of hydrogen-bond acceptors (Lipinski definition) is 10. The van der Waals surface area contributed by atoms with Gasteiger partial charge in [0.15, 0.2) is 17.2 Å². The van der Waals surface area contributed by atoms with Gasteiger partial charge in [0.2, 0.25) is 0 Å². The zero-order valence-electron chi connectivity index (χ0n) is 13.9. The number of aliphatic hydroxyl groups is 4. The second kappa shape index (κ2) is 7.81. The number of carbonyl (C=O) groups excluding carboxylic acids is 1. The van der Waals surface area contributed by atoms with Crippen LogP contribution < -0.4 is 10.9 Å². The summed E-state index contributed by atoms with van der Waals surface area (Å²) in [6, 6.07) is 0. The van der Waals surface area contributed by atoms with E-state index in [1.807, 2.05) is 0 Å². The van der Waals surface area contributed by atoms with E-state index < -0.39 is 48.6 Å². The van der Waals surface area contributed by atoms with Crippen LogP contribution in [0.3, 0.4) is 0 Å². The first-order chi connectivity index (χ1) is 11.7. The van der Waals surface area contributed by atoms with E-state index in [-0.39, 0.29) is 11.4 Å². The van der Waals surface area contributed by atoms with Gasteiger partial charge in [-0.1, -0.05) is 11.8 Å². The molecule has 5 N–H and O–H groups in total. The average Bonchev–Trinajstić information content (AvgIpc) is 2.57. The molecule has 0 radical (unpaired) electrons. The molecule has 1 aliphatic rings. The van der Waals surface area contributed by atoms with Gasteiger partial charge < -0.3 is 30.5 Å². The number of ether oxygens (including phenoxy) is 1. The number of aliphatic hydroxyl groups excluding tert-OH is 4. The first kappa shape index (κ1) is 19.8. The molecule has 1 aliphatic heterocycles. The number of anilines is 1. The summed E-state index contributed by atoms with van der Waals surface area (Å²) in [6.07, 6.45) is -5.38. The predicted molar refractivity (Wildman–Crippen MR) is 88.7 cm³/mol. The number of carbonyl (C=O) groups is 1. The van der Waals surface area contributed by atoms with Crippen LogP contribution in [0.25, 0.3) is 0 Å². The Kier molecular flexibility index (Phi) is 6.19. The molecule has 11 heteroatoms. The highest BCUT2D eigenvalue weighted by molar-refractivity contribution is 7.98. The molecule has 140 valence electrons. The maximum Gasteiger partial charge on any atom is 0.266 e. The Balaban J connectivity index is 2.43. The average molecular weight is 375 g/mol. The Bertz CT molecular complexity index is 708. The zero-order valence-corrected chi connectivity index (χ0v) is 14.7. The van der Waals surface area contributed by atoms with Crippen LogP contribution in [0, 0.1) is 0 Å². The minimum absolute atomic E-state index is 0.107. The van der Waals surface area contributed by atoms with Gasteiger partial charge in [-0.25, -0.2) is 4.98 Å². The Morgan fingerprint density at radius 1 is 1.32 bits per heavy atom. The lowest BCUT2D eigenvalue weighted by molar-refractivity contribution is -0.221. The van der Waals surface area contributed by atoms with Crippen molar-refractivity contribution >= 4 is 23.4 Å². The Labute approximate surface area is 147 Å². The predicted octanol–water partition coefficient (Wildman–Crippen LogP) is -2.08. The quantitative estimate of drug-likeness (QED) is 0.220. The largest absolute Gasteiger partial charge is 0.394 e. The summed E-state index contributed by atoms with van der Waals surface area (Å²) >= 11 is 1.18. The molecule has 1 aromatic rings. The van der Waals surface area contributed by atoms with E-state index in [9.17, 15) is 30.0 Å². The highest BCUT2D eigenvalue weighted by Crippen LogP contribution is 2.24. The van der Waals surface area contributed by atoms with E-state index in [1.165, 1.54) is 30.3 Å². The lowest BCUT2D eigenvalue weighted by atomic mass is 9.98. The lowest BCUT2D eigenvalue weighted by Crippen LogP contribution is -2.60. The van der Waals surface area contributed by atoms with Crippen LogP contribution in [-0.4, -0.2) is 79.3 Å². The van der Waals surface area contributed by atoms with Gasteiger partial charge in [-0.05, 0) is 13.2 Å². The highest BCUT2D eigenvalue weighted by Gasteiger charge is 2.44. The van der Waals surface area contributed by atoms with E-state index in [0.29, 0.717) is 5.16 Å². The van der Waals surface area contributed by atoms with Gasteiger partial charge in [-0.3, -0.25) is 14.2 Å². The van der Waals surface area contributed by atoms with E-state index >= 15 is 0 Å². The molecule has 1 aromatic heterocycles. The van der Waals surface area contributed by atoms with Crippen LogP contribution in [0.1, 0.15) is 17.3 Å². The van der Waals surface area contributed by atoms with Crippen molar-refractivity contribution in [2.24, 2.45) is 7.05 Å². The van der Waals surface area contributed by atoms with Crippen molar-refractivity contribution < 1.29 is 30.0 Å². The van der Waals surface area contributed by atoms with E-state index in [1.54, 1.807) is 6.26 Å². The number of rotatable bonds is 5. The molecule has 0 aliphatic carbocycles. The molecule has 1 fully saturated rings. The van der Waals surface area contributed by atoms with Crippen LogP contribution in [0.5, 0.6) is 0 Å². The van der Waals surface area contributed by atoms with Gasteiger partial charge in [-0.15, -0.1) is 0 Å². The molecule has 10 nitrogen and oxygen atoms in total. The minimum atomic E-state index is -1.59. The van der Waals surface area contributed by atoms with Gasteiger partial charge in [0.1, 0.15) is 35.8 Å². The topological polar surface area (TPSA) is 154 Å². The molecule has 0 saturated carbocycles. The van der Waals surface area contributed by atoms with Gasteiger partial charge in [0.05, 0.1) is 6.61 Å². The monoisotopic (exact) mass is 375 g/mol. The minimum Gasteiger partial charge on any atom is -0.394 e. The molecule has 0 amide bonds. The van der Waals surface area contributed by atoms with Crippen molar-refractivity contribution in [2.45, 2.75) is 42.7 Å². The van der Waals surface area contributed by atoms with Crippen molar-refractivity contribution in [3.05, 3.63) is 15.9 Å². The molecule has 0 spiro atoms. The maximum atomic E-state index is 12.4. The summed E-state index contributed by atoms with van der Waals surface area (Å²) in [7, 11) is 1.48. The number of nitrogens with one attached hydrogen (secondary N) is 1. The smallest absolute Gasteiger partial charge is 0.266 e. The van der Waals surface area contributed by atoms with Crippen molar-refractivity contribution in [1.82, 2.24) is 9.55 Å². The third-order valence-electron chi connectivity index (χ3n) is 3.96. The second-order valence-corrected chi connectivity index (χ2v) is 6.41.